The fraction of sp³-hybridized carbons (Fsp3) is 0.750. The first-order valence-corrected chi connectivity index (χ1v) is 7.65. The highest BCUT2D eigenvalue weighted by atomic mass is 16.1. The second-order valence-electron chi connectivity index (χ2n) is 6.95. The quantitative estimate of drug-likeness (QED) is 0.812. The van der Waals surface area contributed by atoms with Crippen LogP contribution in [0, 0.1) is 5.41 Å². The summed E-state index contributed by atoms with van der Waals surface area (Å²) in [6.45, 7) is 6.50. The van der Waals surface area contributed by atoms with Gasteiger partial charge < -0.3 is 0 Å². The molecular formula is C16H24N2O. The minimum absolute atomic E-state index is 0.0734. The van der Waals surface area contributed by atoms with Crippen LogP contribution < -0.4 is 0 Å². The van der Waals surface area contributed by atoms with Crippen molar-refractivity contribution in [3.63, 3.8) is 0 Å². The predicted molar refractivity (Wildman–Crippen MR) is 75.5 cm³/mol. The Hall–Kier alpha value is -1.12. The van der Waals surface area contributed by atoms with Crippen LogP contribution in [0.3, 0.4) is 0 Å². The van der Waals surface area contributed by atoms with E-state index in [0.29, 0.717) is 18.2 Å². The third-order valence-corrected chi connectivity index (χ3v) is 4.65. The highest BCUT2D eigenvalue weighted by Gasteiger charge is 2.36. The van der Waals surface area contributed by atoms with Gasteiger partial charge >= 0.3 is 0 Å². The Morgan fingerprint density at radius 1 is 1.26 bits per heavy atom. The van der Waals surface area contributed by atoms with Gasteiger partial charge in [0.05, 0.1) is 17.3 Å². The molecule has 19 heavy (non-hydrogen) atoms. The summed E-state index contributed by atoms with van der Waals surface area (Å²) in [6.07, 6.45) is 7.60. The molecule has 3 rings (SSSR count). The highest BCUT2D eigenvalue weighted by Crippen LogP contribution is 2.38. The maximum Gasteiger partial charge on any atom is 0.167 e. The molecule has 1 heterocycles. The van der Waals surface area contributed by atoms with Crippen LogP contribution >= 0.6 is 0 Å². The topological polar surface area (TPSA) is 34.9 Å². The smallest absolute Gasteiger partial charge is 0.167 e. The Morgan fingerprint density at radius 3 is 2.58 bits per heavy atom. The van der Waals surface area contributed by atoms with Crippen molar-refractivity contribution in [1.82, 2.24) is 9.78 Å². The van der Waals surface area contributed by atoms with E-state index < -0.39 is 0 Å². The molecule has 0 atom stereocenters. The number of aromatic nitrogens is 2. The molecule has 2 aliphatic carbocycles. The zero-order valence-electron chi connectivity index (χ0n) is 12.3. The Bertz CT molecular complexity index is 507. The molecule has 0 bridgehead atoms. The maximum atomic E-state index is 12.5. The molecule has 1 aromatic heterocycles. The number of carbonyl (C=O) groups excluding carboxylic acids is 1. The number of rotatable bonds is 2. The largest absolute Gasteiger partial charge is 0.294 e. The van der Waals surface area contributed by atoms with Crippen molar-refractivity contribution in [2.75, 3.05) is 0 Å². The van der Waals surface area contributed by atoms with Gasteiger partial charge in [-0.25, -0.2) is 0 Å². The molecule has 0 spiro atoms. The maximum absolute atomic E-state index is 12.5. The number of ketones is 1. The molecular weight excluding hydrogens is 236 g/mol. The first kappa shape index (κ1) is 12.9. The van der Waals surface area contributed by atoms with Gasteiger partial charge in [0.2, 0.25) is 0 Å². The average Bonchev–Trinajstić information content (AvgIpc) is 2.92. The Kier molecular flexibility index (Phi) is 3.03. The lowest BCUT2D eigenvalue weighted by molar-refractivity contribution is 0.0911. The summed E-state index contributed by atoms with van der Waals surface area (Å²) >= 11 is 0. The van der Waals surface area contributed by atoms with Crippen molar-refractivity contribution in [2.45, 2.75) is 71.8 Å². The molecule has 0 N–H and O–H groups in total. The van der Waals surface area contributed by atoms with Gasteiger partial charge in [0.15, 0.2) is 5.78 Å². The van der Waals surface area contributed by atoms with Gasteiger partial charge in [0, 0.05) is 12.1 Å². The SMILES string of the molecule is CCc1c2c(nn1C1CCCC1)CC(C)(C)CC2=O. The van der Waals surface area contributed by atoms with Crippen molar-refractivity contribution in [2.24, 2.45) is 5.41 Å². The Morgan fingerprint density at radius 2 is 1.95 bits per heavy atom. The summed E-state index contributed by atoms with van der Waals surface area (Å²) in [4.78, 5) is 12.5. The van der Waals surface area contributed by atoms with Crippen LogP contribution in [0.25, 0.3) is 0 Å². The van der Waals surface area contributed by atoms with Gasteiger partial charge in [-0.2, -0.15) is 5.10 Å². The van der Waals surface area contributed by atoms with Crippen molar-refractivity contribution >= 4 is 5.78 Å². The molecule has 1 saturated carbocycles. The summed E-state index contributed by atoms with van der Waals surface area (Å²) < 4.78 is 2.21. The Labute approximate surface area is 115 Å². The van der Waals surface area contributed by atoms with Gasteiger partial charge in [0.1, 0.15) is 0 Å². The van der Waals surface area contributed by atoms with Crippen LogP contribution in [0.1, 0.15) is 80.7 Å². The molecule has 1 aromatic rings. The number of Topliss-reactive ketones (excluding diaryl/α,β-unsaturated/α-hetero) is 1. The zero-order valence-corrected chi connectivity index (χ0v) is 12.3. The summed E-state index contributed by atoms with van der Waals surface area (Å²) in [6, 6.07) is 0.538. The second kappa shape index (κ2) is 4.46. The van der Waals surface area contributed by atoms with E-state index >= 15 is 0 Å². The van der Waals surface area contributed by atoms with Crippen molar-refractivity contribution in [3.05, 3.63) is 17.0 Å². The van der Waals surface area contributed by atoms with Gasteiger partial charge in [-0.15, -0.1) is 0 Å². The fourth-order valence-electron chi connectivity index (χ4n) is 3.80. The lowest BCUT2D eigenvalue weighted by Gasteiger charge is -2.27. The van der Waals surface area contributed by atoms with Crippen molar-refractivity contribution in [1.29, 1.82) is 0 Å². The highest BCUT2D eigenvalue weighted by molar-refractivity contribution is 5.99. The fourth-order valence-corrected chi connectivity index (χ4v) is 3.80. The minimum Gasteiger partial charge on any atom is -0.294 e. The van der Waals surface area contributed by atoms with Crippen LogP contribution in [0.2, 0.25) is 0 Å². The van der Waals surface area contributed by atoms with E-state index in [-0.39, 0.29) is 5.41 Å². The number of carbonyl (C=O) groups is 1. The lowest BCUT2D eigenvalue weighted by Crippen LogP contribution is -2.27. The van der Waals surface area contributed by atoms with Gasteiger partial charge in [-0.1, -0.05) is 33.6 Å². The molecule has 0 amide bonds. The number of hydrogen-bond donors (Lipinski definition) is 0. The van der Waals surface area contributed by atoms with Crippen molar-refractivity contribution in [3.8, 4) is 0 Å². The van der Waals surface area contributed by atoms with E-state index in [2.05, 4.69) is 25.5 Å². The van der Waals surface area contributed by atoms with E-state index in [1.165, 1.54) is 31.4 Å². The van der Waals surface area contributed by atoms with Crippen LogP contribution in [0.4, 0.5) is 0 Å². The number of hydrogen-bond acceptors (Lipinski definition) is 2. The van der Waals surface area contributed by atoms with E-state index in [9.17, 15) is 4.79 Å². The molecule has 3 nitrogen and oxygen atoms in total. The number of nitrogens with zero attached hydrogens (tertiary/aromatic N) is 2. The molecule has 1 fully saturated rings. The normalized spacial score (nSPS) is 22.8. The van der Waals surface area contributed by atoms with E-state index in [4.69, 9.17) is 5.10 Å². The minimum atomic E-state index is 0.0734. The van der Waals surface area contributed by atoms with Crippen LogP contribution in [-0.4, -0.2) is 15.6 Å². The third-order valence-electron chi connectivity index (χ3n) is 4.65. The summed E-state index contributed by atoms with van der Waals surface area (Å²) in [5.74, 6) is 0.312. The Balaban J connectivity index is 2.06. The summed E-state index contributed by atoms with van der Waals surface area (Å²) in [5.41, 5.74) is 3.30. The first-order chi connectivity index (χ1) is 9.02. The van der Waals surface area contributed by atoms with Crippen LogP contribution in [0.5, 0.6) is 0 Å². The molecule has 0 radical (unpaired) electrons. The van der Waals surface area contributed by atoms with Crippen molar-refractivity contribution < 1.29 is 4.79 Å². The van der Waals surface area contributed by atoms with E-state index in [1.54, 1.807) is 0 Å². The summed E-state index contributed by atoms with van der Waals surface area (Å²) in [5, 5.41) is 4.85. The van der Waals surface area contributed by atoms with Crippen LogP contribution in [-0.2, 0) is 12.8 Å². The third kappa shape index (κ3) is 2.13. The van der Waals surface area contributed by atoms with Gasteiger partial charge in [-0.05, 0) is 31.1 Å². The number of fused-ring (bicyclic) bond motifs is 1. The van der Waals surface area contributed by atoms with Gasteiger partial charge in [0.25, 0.3) is 0 Å². The molecule has 104 valence electrons. The molecule has 0 unspecified atom stereocenters. The van der Waals surface area contributed by atoms with Crippen LogP contribution in [0.15, 0.2) is 0 Å². The first-order valence-electron chi connectivity index (χ1n) is 7.65. The monoisotopic (exact) mass is 260 g/mol. The summed E-state index contributed by atoms with van der Waals surface area (Å²) in [7, 11) is 0. The predicted octanol–water partition coefficient (Wildman–Crippen LogP) is 3.72. The lowest BCUT2D eigenvalue weighted by atomic mass is 9.75. The van der Waals surface area contributed by atoms with E-state index in [0.717, 1.165) is 24.1 Å². The second-order valence-corrected chi connectivity index (χ2v) is 6.95. The molecule has 0 aliphatic heterocycles. The average molecular weight is 260 g/mol. The van der Waals surface area contributed by atoms with E-state index in [1.807, 2.05) is 0 Å². The molecule has 3 heteroatoms. The van der Waals surface area contributed by atoms with Gasteiger partial charge in [-0.3, -0.25) is 9.48 Å². The molecule has 2 aliphatic rings. The molecule has 0 aromatic carbocycles. The zero-order chi connectivity index (χ0) is 13.6. The molecule has 0 saturated heterocycles. The standard InChI is InChI=1S/C16H24N2O/c1-4-13-15-12(9-16(2,3)10-14(15)19)17-18(13)11-7-5-6-8-11/h11H,4-10H2,1-3H3.